The minimum atomic E-state index is -0.520. The van der Waals surface area contributed by atoms with Gasteiger partial charge in [0.25, 0.3) is 5.69 Å². The van der Waals surface area contributed by atoms with Crippen molar-refractivity contribution in [2.75, 3.05) is 6.61 Å². The van der Waals surface area contributed by atoms with Crippen LogP contribution in [0.15, 0.2) is 42.5 Å². The molecule has 0 saturated heterocycles. The first-order valence-corrected chi connectivity index (χ1v) is 8.68. The van der Waals surface area contributed by atoms with Gasteiger partial charge >= 0.3 is 5.97 Å². The number of ketones is 1. The summed E-state index contributed by atoms with van der Waals surface area (Å²) in [7, 11) is 1.86. The van der Waals surface area contributed by atoms with E-state index in [1.807, 2.05) is 18.5 Å². The molecule has 0 aliphatic rings. The van der Waals surface area contributed by atoms with Crippen LogP contribution in [0.25, 0.3) is 0 Å². The van der Waals surface area contributed by atoms with Gasteiger partial charge in [0.15, 0.2) is 5.78 Å². The second-order valence-corrected chi connectivity index (χ2v) is 5.90. The van der Waals surface area contributed by atoms with E-state index in [9.17, 15) is 19.7 Å². The summed E-state index contributed by atoms with van der Waals surface area (Å²) in [4.78, 5) is 34.7. The summed E-state index contributed by atoms with van der Waals surface area (Å²) >= 11 is 0. The quantitative estimate of drug-likeness (QED) is 0.233. The number of hydrogen-bond acceptors (Lipinski definition) is 5. The monoisotopic (exact) mass is 370 g/mol. The number of hydrogen-bond donors (Lipinski definition) is 0. The van der Waals surface area contributed by atoms with Crippen molar-refractivity contribution in [3.63, 3.8) is 0 Å². The highest BCUT2D eigenvalue weighted by Crippen LogP contribution is 2.22. The Morgan fingerprint density at radius 3 is 2.63 bits per heavy atom. The summed E-state index contributed by atoms with van der Waals surface area (Å²) in [6.07, 6.45) is 4.15. The van der Waals surface area contributed by atoms with Crippen LogP contribution in [0.2, 0.25) is 0 Å². The Kier molecular flexibility index (Phi) is 6.65. The van der Waals surface area contributed by atoms with E-state index < -0.39 is 10.9 Å². The van der Waals surface area contributed by atoms with E-state index >= 15 is 0 Å². The molecule has 27 heavy (non-hydrogen) atoms. The third kappa shape index (κ3) is 4.69. The standard InChI is InChI=1S/C20H22N2O5/c1-4-18-17(20(24)14-8-6-10-16(12-14)22(25)26)13-15(21(18)3)9-7-11-19(23)27-5-2/h6-8,10-13H,4-5,9H2,1-3H3/b11-7+. The Hall–Kier alpha value is -3.22. The predicted octanol–water partition coefficient (Wildman–Crippen LogP) is 3.39. The van der Waals surface area contributed by atoms with Crippen molar-refractivity contribution in [1.29, 1.82) is 0 Å². The second-order valence-electron chi connectivity index (χ2n) is 5.90. The highest BCUT2D eigenvalue weighted by atomic mass is 16.6. The SMILES string of the molecule is CCOC(=O)/C=C/Cc1cc(C(=O)c2cccc([N+](=O)[O-])c2)c(CC)n1C. The van der Waals surface area contributed by atoms with Crippen LogP contribution in [-0.4, -0.2) is 27.8 Å². The van der Waals surface area contributed by atoms with Crippen molar-refractivity contribution in [2.24, 2.45) is 7.05 Å². The van der Waals surface area contributed by atoms with Gasteiger partial charge in [-0.2, -0.15) is 0 Å². The van der Waals surface area contributed by atoms with Gasteiger partial charge in [0.05, 0.1) is 11.5 Å². The van der Waals surface area contributed by atoms with Crippen molar-refractivity contribution in [1.82, 2.24) is 4.57 Å². The molecule has 2 rings (SSSR count). The lowest BCUT2D eigenvalue weighted by atomic mass is 10.0. The van der Waals surface area contributed by atoms with Crippen molar-refractivity contribution in [2.45, 2.75) is 26.7 Å². The van der Waals surface area contributed by atoms with Crippen molar-refractivity contribution in [3.8, 4) is 0 Å². The molecule has 2 aromatic rings. The third-order valence-corrected chi connectivity index (χ3v) is 4.22. The number of non-ortho nitro benzene ring substituents is 1. The molecule has 0 aliphatic heterocycles. The van der Waals surface area contributed by atoms with E-state index in [-0.39, 0.29) is 17.0 Å². The highest BCUT2D eigenvalue weighted by molar-refractivity contribution is 6.10. The zero-order valence-corrected chi connectivity index (χ0v) is 15.6. The molecule has 0 N–H and O–H groups in total. The lowest BCUT2D eigenvalue weighted by Crippen LogP contribution is -2.06. The molecule has 1 aromatic carbocycles. The van der Waals surface area contributed by atoms with Gasteiger partial charge in [-0.1, -0.05) is 25.1 Å². The maximum Gasteiger partial charge on any atom is 0.330 e. The smallest absolute Gasteiger partial charge is 0.330 e. The molecule has 7 heteroatoms. The summed E-state index contributed by atoms with van der Waals surface area (Å²) in [6, 6.07) is 7.49. The van der Waals surface area contributed by atoms with Gasteiger partial charge in [-0.15, -0.1) is 0 Å². The second kappa shape index (κ2) is 8.93. The molecule has 0 radical (unpaired) electrons. The van der Waals surface area contributed by atoms with Gasteiger partial charge < -0.3 is 9.30 Å². The average Bonchev–Trinajstić information content (AvgIpc) is 2.97. The summed E-state index contributed by atoms with van der Waals surface area (Å²) < 4.78 is 6.76. The van der Waals surface area contributed by atoms with E-state index in [4.69, 9.17) is 4.74 Å². The van der Waals surface area contributed by atoms with E-state index in [0.717, 1.165) is 11.4 Å². The zero-order valence-electron chi connectivity index (χ0n) is 15.6. The van der Waals surface area contributed by atoms with Crippen LogP contribution in [0.4, 0.5) is 5.69 Å². The first kappa shape index (κ1) is 20.1. The summed E-state index contributed by atoms with van der Waals surface area (Å²) in [5.41, 5.74) is 2.37. The van der Waals surface area contributed by atoms with Crippen LogP contribution in [0.5, 0.6) is 0 Å². The third-order valence-electron chi connectivity index (χ3n) is 4.22. The predicted molar refractivity (Wildman–Crippen MR) is 101 cm³/mol. The Morgan fingerprint density at radius 2 is 2.00 bits per heavy atom. The number of ether oxygens (including phenoxy) is 1. The van der Waals surface area contributed by atoms with Gasteiger partial charge in [-0.3, -0.25) is 14.9 Å². The number of allylic oxidation sites excluding steroid dienone is 1. The number of carbonyl (C=O) groups is 2. The molecule has 0 amide bonds. The normalized spacial score (nSPS) is 10.9. The number of nitro benzene ring substituents is 1. The van der Waals surface area contributed by atoms with E-state index in [2.05, 4.69) is 0 Å². The topological polar surface area (TPSA) is 91.4 Å². The molecule has 0 fully saturated rings. The molecule has 0 spiro atoms. The van der Waals surface area contributed by atoms with Crippen LogP contribution < -0.4 is 0 Å². The first-order chi connectivity index (χ1) is 12.9. The lowest BCUT2D eigenvalue weighted by molar-refractivity contribution is -0.384. The fourth-order valence-corrected chi connectivity index (χ4v) is 2.90. The highest BCUT2D eigenvalue weighted by Gasteiger charge is 2.20. The summed E-state index contributed by atoms with van der Waals surface area (Å²) in [5.74, 6) is -0.665. The minimum absolute atomic E-state index is 0.118. The molecule has 0 bridgehead atoms. The molecule has 0 unspecified atom stereocenters. The van der Waals surface area contributed by atoms with Crippen LogP contribution in [-0.2, 0) is 29.4 Å². The molecule has 7 nitrogen and oxygen atoms in total. The average molecular weight is 370 g/mol. The Bertz CT molecular complexity index is 896. The molecular formula is C20H22N2O5. The molecule has 0 aliphatic carbocycles. The number of rotatable bonds is 8. The van der Waals surface area contributed by atoms with Crippen molar-refractivity contribution in [3.05, 3.63) is 75.1 Å². The maximum atomic E-state index is 12.9. The number of aromatic nitrogens is 1. The van der Waals surface area contributed by atoms with Crippen molar-refractivity contribution >= 4 is 17.4 Å². The van der Waals surface area contributed by atoms with Crippen LogP contribution in [0.1, 0.15) is 41.2 Å². The first-order valence-electron chi connectivity index (χ1n) is 8.68. The summed E-state index contributed by atoms with van der Waals surface area (Å²) in [5, 5.41) is 11.0. The van der Waals surface area contributed by atoms with E-state index in [0.29, 0.717) is 25.0 Å². The zero-order chi connectivity index (χ0) is 20.0. The Morgan fingerprint density at radius 1 is 1.26 bits per heavy atom. The molecule has 142 valence electrons. The van der Waals surface area contributed by atoms with Gasteiger partial charge in [-0.05, 0) is 19.4 Å². The van der Waals surface area contributed by atoms with Gasteiger partial charge in [-0.25, -0.2) is 4.79 Å². The number of benzene rings is 1. The molecule has 0 atom stereocenters. The number of nitrogens with zero attached hydrogens (tertiary/aromatic N) is 2. The maximum absolute atomic E-state index is 12.9. The molecule has 0 saturated carbocycles. The van der Waals surface area contributed by atoms with E-state index in [1.54, 1.807) is 25.1 Å². The molecule has 1 aromatic heterocycles. The van der Waals surface area contributed by atoms with Crippen molar-refractivity contribution < 1.29 is 19.2 Å². The Balaban J connectivity index is 2.32. The Labute approximate surface area is 157 Å². The lowest BCUT2D eigenvalue weighted by Gasteiger charge is -2.06. The minimum Gasteiger partial charge on any atom is -0.463 e. The molecule has 1 heterocycles. The fraction of sp³-hybridized carbons (Fsp3) is 0.300. The van der Waals surface area contributed by atoms with Crippen LogP contribution in [0.3, 0.4) is 0 Å². The number of esters is 1. The van der Waals surface area contributed by atoms with E-state index in [1.165, 1.54) is 24.3 Å². The largest absolute Gasteiger partial charge is 0.463 e. The van der Waals surface area contributed by atoms with Crippen LogP contribution >= 0.6 is 0 Å². The fourth-order valence-electron chi connectivity index (χ4n) is 2.90. The molecular weight excluding hydrogens is 348 g/mol. The van der Waals surface area contributed by atoms with Crippen LogP contribution in [0, 0.1) is 10.1 Å². The number of nitro groups is 1. The van der Waals surface area contributed by atoms with Gasteiger partial charge in [0.1, 0.15) is 0 Å². The number of carbonyl (C=O) groups excluding carboxylic acids is 2. The van der Waals surface area contributed by atoms with Gasteiger partial charge in [0, 0.05) is 54.2 Å². The van der Waals surface area contributed by atoms with Gasteiger partial charge in [0.2, 0.25) is 0 Å². The summed E-state index contributed by atoms with van der Waals surface area (Å²) in [6.45, 7) is 4.00.